The molecule has 0 amide bonds. The average Bonchev–Trinajstić information content (AvgIpc) is 1.92. The van der Waals surface area contributed by atoms with Crippen molar-refractivity contribution in [2.24, 2.45) is 0 Å². The fourth-order valence-electron chi connectivity index (χ4n) is 0.387. The lowest BCUT2D eigenvalue weighted by Gasteiger charge is -1.88. The monoisotopic (exact) mass is 333 g/mol. The molecule has 1 aromatic heterocycles. The van der Waals surface area contributed by atoms with Crippen LogP contribution in [0.1, 0.15) is 0 Å². The fraction of sp³-hybridized carbons (Fsp3) is 0. The minimum atomic E-state index is -4.92. The Kier molecular flexibility index (Phi) is 5.65. The number of rotatable bonds is 0. The largest absolute Gasteiger partial charge is 0.726 e. The Bertz CT molecular complexity index is 320. The van der Waals surface area contributed by atoms with Gasteiger partial charge in [-0.05, 0) is 22.0 Å². The molecule has 0 bridgehead atoms. The number of aromatic amines is 1. The summed E-state index contributed by atoms with van der Waals surface area (Å²) in [5.41, 5.74) is 0. The van der Waals surface area contributed by atoms with Crippen LogP contribution in [0.5, 0.6) is 0 Å². The van der Waals surface area contributed by atoms with Gasteiger partial charge in [0.1, 0.15) is 0 Å². The van der Waals surface area contributed by atoms with E-state index in [1.807, 2.05) is 18.3 Å². The van der Waals surface area contributed by atoms with E-state index in [9.17, 15) is 0 Å². The first-order valence-corrected chi connectivity index (χ1v) is 5.75. The molecule has 0 atom stereocenters. The SMILES string of the molecule is Brc1ccc(Br)[nH+]c1.O=S(=O)([O-])O. The van der Waals surface area contributed by atoms with Gasteiger partial charge in [-0.2, -0.15) is 0 Å². The molecule has 1 rings (SSSR count). The van der Waals surface area contributed by atoms with Crippen LogP contribution >= 0.6 is 31.9 Å². The Morgan fingerprint density at radius 2 is 1.85 bits per heavy atom. The molecule has 0 saturated carbocycles. The molecule has 0 radical (unpaired) electrons. The van der Waals surface area contributed by atoms with E-state index in [1.165, 1.54) is 0 Å². The highest BCUT2D eigenvalue weighted by Crippen LogP contribution is 2.07. The number of H-pyrrole nitrogens is 1. The molecule has 1 heterocycles. The molecule has 2 N–H and O–H groups in total. The minimum absolute atomic E-state index is 0.987. The van der Waals surface area contributed by atoms with Crippen LogP contribution in [-0.4, -0.2) is 17.5 Å². The minimum Gasteiger partial charge on any atom is -0.726 e. The van der Waals surface area contributed by atoms with Gasteiger partial charge in [0.25, 0.3) is 0 Å². The molecule has 0 unspecified atom stereocenters. The van der Waals surface area contributed by atoms with Gasteiger partial charge in [0.2, 0.25) is 15.0 Å². The summed E-state index contributed by atoms with van der Waals surface area (Å²) in [4.78, 5) is 2.97. The number of hydrogen-bond donors (Lipinski definition) is 1. The number of nitrogens with one attached hydrogen (secondary N) is 1. The molecule has 0 fully saturated rings. The molecule has 5 nitrogen and oxygen atoms in total. The van der Waals surface area contributed by atoms with Crippen LogP contribution in [0.2, 0.25) is 0 Å². The van der Waals surface area contributed by atoms with Crippen molar-refractivity contribution in [1.82, 2.24) is 0 Å². The number of pyridine rings is 1. The smallest absolute Gasteiger partial charge is 0.246 e. The maximum atomic E-state index is 8.63. The van der Waals surface area contributed by atoms with E-state index in [-0.39, 0.29) is 0 Å². The number of halogens is 2. The van der Waals surface area contributed by atoms with E-state index >= 15 is 0 Å². The van der Waals surface area contributed by atoms with Gasteiger partial charge in [-0.25, -0.2) is 13.4 Å². The van der Waals surface area contributed by atoms with Gasteiger partial charge in [0, 0.05) is 22.0 Å². The third kappa shape index (κ3) is 12.0. The van der Waals surface area contributed by atoms with E-state index in [4.69, 9.17) is 17.5 Å². The third-order valence-electron chi connectivity index (χ3n) is 0.737. The van der Waals surface area contributed by atoms with Crippen molar-refractivity contribution >= 4 is 42.3 Å². The van der Waals surface area contributed by atoms with E-state index in [0.29, 0.717) is 0 Å². The molecule has 1 aromatic rings. The van der Waals surface area contributed by atoms with E-state index < -0.39 is 10.4 Å². The first-order chi connectivity index (χ1) is 5.79. The summed E-state index contributed by atoms with van der Waals surface area (Å²) in [7, 11) is -4.92. The molecule has 0 spiro atoms. The molecule has 8 heteroatoms. The average molecular weight is 335 g/mol. The van der Waals surface area contributed by atoms with Gasteiger partial charge >= 0.3 is 0 Å². The van der Waals surface area contributed by atoms with Crippen molar-refractivity contribution in [3.63, 3.8) is 0 Å². The molecule has 0 aliphatic carbocycles. The lowest BCUT2D eigenvalue weighted by molar-refractivity contribution is -0.393. The van der Waals surface area contributed by atoms with Gasteiger partial charge in [-0.3, -0.25) is 4.55 Å². The van der Waals surface area contributed by atoms with Gasteiger partial charge in [-0.15, -0.1) is 0 Å². The molecule has 0 saturated heterocycles. The second-order valence-corrected chi connectivity index (χ2v) is 4.41. The Hall–Kier alpha value is -0.0200. The summed E-state index contributed by atoms with van der Waals surface area (Å²) in [5, 5.41) is 0. The highest BCUT2D eigenvalue weighted by Gasteiger charge is 1.91. The fourth-order valence-corrected chi connectivity index (χ4v) is 0.880. The van der Waals surface area contributed by atoms with E-state index in [2.05, 4.69) is 36.8 Å². The Labute approximate surface area is 92.0 Å². The number of aromatic nitrogens is 1. The van der Waals surface area contributed by atoms with Crippen molar-refractivity contribution in [3.8, 4) is 0 Å². The van der Waals surface area contributed by atoms with Crippen LogP contribution in [0, 0.1) is 0 Å². The zero-order valence-corrected chi connectivity index (χ0v) is 10.1. The van der Waals surface area contributed by atoms with Crippen LogP contribution < -0.4 is 4.98 Å². The highest BCUT2D eigenvalue weighted by molar-refractivity contribution is 9.10. The highest BCUT2D eigenvalue weighted by atomic mass is 79.9. The Balaban J connectivity index is 0.000000252. The zero-order valence-electron chi connectivity index (χ0n) is 6.07. The van der Waals surface area contributed by atoms with Crippen LogP contribution in [-0.2, 0) is 10.4 Å². The second kappa shape index (κ2) is 5.66. The van der Waals surface area contributed by atoms with Crippen molar-refractivity contribution in [3.05, 3.63) is 27.4 Å². The summed E-state index contributed by atoms with van der Waals surface area (Å²) in [6.45, 7) is 0. The number of hydrogen-bond acceptors (Lipinski definition) is 3. The molecule has 0 aliphatic rings. The molecular formula is C5H5Br2NO4S. The van der Waals surface area contributed by atoms with Gasteiger partial charge in [0.15, 0.2) is 6.20 Å². The summed E-state index contributed by atoms with van der Waals surface area (Å²) in [5.74, 6) is 0. The Morgan fingerprint density at radius 3 is 2.08 bits per heavy atom. The second-order valence-electron chi connectivity index (χ2n) is 1.78. The van der Waals surface area contributed by atoms with E-state index in [0.717, 1.165) is 9.08 Å². The van der Waals surface area contributed by atoms with Crippen molar-refractivity contribution < 1.29 is 22.5 Å². The standard InChI is InChI=1S/C5H3Br2N.H2O4S/c6-4-1-2-5(7)8-3-4;1-5(2,3)4/h1-3H;(H2,1,2,3,4). The zero-order chi connectivity index (χ0) is 10.5. The molecular weight excluding hydrogens is 330 g/mol. The summed E-state index contributed by atoms with van der Waals surface area (Å²) in [6, 6.07) is 3.89. The molecule has 0 aromatic carbocycles. The first-order valence-electron chi connectivity index (χ1n) is 2.80. The van der Waals surface area contributed by atoms with Gasteiger partial charge in [0.05, 0.1) is 4.47 Å². The quantitative estimate of drug-likeness (QED) is 0.436. The predicted octanol–water partition coefficient (Wildman–Crippen LogP) is 1.03. The van der Waals surface area contributed by atoms with Crippen LogP contribution in [0.15, 0.2) is 27.4 Å². The predicted molar refractivity (Wildman–Crippen MR) is 50.7 cm³/mol. The summed E-state index contributed by atoms with van der Waals surface area (Å²) < 4.78 is 34.9. The maximum absolute atomic E-state index is 8.63. The van der Waals surface area contributed by atoms with Crippen LogP contribution in [0.25, 0.3) is 0 Å². The van der Waals surface area contributed by atoms with Crippen molar-refractivity contribution in [2.75, 3.05) is 0 Å². The lowest BCUT2D eigenvalue weighted by Crippen LogP contribution is -2.00. The van der Waals surface area contributed by atoms with Crippen LogP contribution in [0.3, 0.4) is 0 Å². The first kappa shape index (κ1) is 13.0. The third-order valence-corrected chi connectivity index (χ3v) is 1.72. The van der Waals surface area contributed by atoms with E-state index in [1.54, 1.807) is 0 Å². The van der Waals surface area contributed by atoms with Gasteiger partial charge in [-0.1, -0.05) is 0 Å². The topological polar surface area (TPSA) is 91.6 Å². The maximum Gasteiger partial charge on any atom is 0.246 e. The lowest BCUT2D eigenvalue weighted by atomic mass is 10.5. The summed E-state index contributed by atoms with van der Waals surface area (Å²) in [6.07, 6.45) is 1.87. The summed E-state index contributed by atoms with van der Waals surface area (Å²) >= 11 is 6.56. The normalized spacial score (nSPS) is 10.2. The molecule has 13 heavy (non-hydrogen) atoms. The van der Waals surface area contributed by atoms with Gasteiger partial charge < -0.3 is 4.55 Å². The molecule has 0 aliphatic heterocycles. The Morgan fingerprint density at radius 1 is 1.38 bits per heavy atom. The molecule has 74 valence electrons. The van der Waals surface area contributed by atoms with Crippen LogP contribution in [0.4, 0.5) is 0 Å². The van der Waals surface area contributed by atoms with Crippen molar-refractivity contribution in [1.29, 1.82) is 0 Å². The van der Waals surface area contributed by atoms with Crippen molar-refractivity contribution in [2.45, 2.75) is 0 Å².